The molecule has 0 spiro atoms. The van der Waals surface area contributed by atoms with Crippen molar-refractivity contribution < 1.29 is 13.2 Å². The normalized spacial score (nSPS) is 14.3. The van der Waals surface area contributed by atoms with Gasteiger partial charge < -0.3 is 4.74 Å². The van der Waals surface area contributed by atoms with Crippen LogP contribution in [-0.2, 0) is 9.84 Å². The van der Waals surface area contributed by atoms with Crippen LogP contribution in [0.2, 0.25) is 0 Å². The highest BCUT2D eigenvalue weighted by molar-refractivity contribution is 9.09. The summed E-state index contributed by atoms with van der Waals surface area (Å²) in [7, 11) is -3.15. The van der Waals surface area contributed by atoms with Crippen LogP contribution in [0.3, 0.4) is 0 Å². The van der Waals surface area contributed by atoms with E-state index in [-0.39, 0.29) is 4.83 Å². The Hall–Kier alpha value is -0.550. The number of alkyl halides is 1. The molecule has 1 aromatic rings. The zero-order valence-electron chi connectivity index (χ0n) is 11.1. The zero-order chi connectivity index (χ0) is 14.0. The van der Waals surface area contributed by atoms with Crippen molar-refractivity contribution in [2.45, 2.75) is 30.3 Å². The molecule has 1 rings (SSSR count). The summed E-state index contributed by atoms with van der Waals surface area (Å²) in [5.41, 5.74) is 0.925. The van der Waals surface area contributed by atoms with Crippen LogP contribution in [0.4, 0.5) is 0 Å². The highest BCUT2D eigenvalue weighted by Crippen LogP contribution is 2.39. The molecule has 0 saturated heterocycles. The molecule has 0 radical (unpaired) electrons. The van der Waals surface area contributed by atoms with Gasteiger partial charge in [-0.2, -0.15) is 0 Å². The van der Waals surface area contributed by atoms with Gasteiger partial charge in [0, 0.05) is 6.26 Å². The summed E-state index contributed by atoms with van der Waals surface area (Å²) < 4.78 is 28.1. The summed E-state index contributed by atoms with van der Waals surface area (Å²) in [4.78, 5) is -0.254. The maximum absolute atomic E-state index is 11.8. The van der Waals surface area contributed by atoms with Gasteiger partial charge in [-0.1, -0.05) is 28.1 Å². The molecule has 1 unspecified atom stereocenters. The highest BCUT2D eigenvalue weighted by atomic mass is 79.9. The number of sulfone groups is 1. The zero-order valence-corrected chi connectivity index (χ0v) is 13.5. The van der Waals surface area contributed by atoms with Gasteiger partial charge >= 0.3 is 0 Å². The number of hydrogen-bond acceptors (Lipinski definition) is 3. The molecule has 5 heteroatoms. The van der Waals surface area contributed by atoms with Crippen molar-refractivity contribution in [3.63, 3.8) is 0 Å². The Labute approximate surface area is 118 Å². The van der Waals surface area contributed by atoms with Crippen LogP contribution in [0, 0.1) is 0 Å². The molecule has 0 fully saturated rings. The van der Waals surface area contributed by atoms with Crippen molar-refractivity contribution in [3.05, 3.63) is 29.8 Å². The molecule has 102 valence electrons. The van der Waals surface area contributed by atoms with E-state index in [1.165, 1.54) is 6.26 Å². The minimum Gasteiger partial charge on any atom is -0.494 e. The smallest absolute Gasteiger partial charge is 0.154 e. The first kappa shape index (κ1) is 15.5. The third-order valence-electron chi connectivity index (χ3n) is 3.05. The van der Waals surface area contributed by atoms with Crippen LogP contribution in [0.5, 0.6) is 5.75 Å². The molecule has 0 aliphatic carbocycles. The Balaban J connectivity index is 3.01. The fourth-order valence-corrected chi connectivity index (χ4v) is 3.32. The van der Waals surface area contributed by atoms with E-state index in [1.54, 1.807) is 13.8 Å². The molecule has 0 heterocycles. The lowest BCUT2D eigenvalue weighted by Gasteiger charge is -2.28. The van der Waals surface area contributed by atoms with E-state index in [2.05, 4.69) is 15.9 Å². The predicted octanol–water partition coefficient (Wildman–Crippen LogP) is 3.34. The van der Waals surface area contributed by atoms with E-state index < -0.39 is 14.6 Å². The number of ether oxygens (including phenoxy) is 1. The molecule has 0 saturated carbocycles. The van der Waals surface area contributed by atoms with Gasteiger partial charge in [-0.15, -0.1) is 0 Å². The minimum atomic E-state index is -3.15. The fraction of sp³-hybridized carbons (Fsp3) is 0.538. The molecule has 0 bridgehead atoms. The molecule has 0 amide bonds. The molecule has 1 aromatic carbocycles. The van der Waals surface area contributed by atoms with Crippen LogP contribution < -0.4 is 4.74 Å². The Bertz CT molecular complexity index is 491. The monoisotopic (exact) mass is 334 g/mol. The SMILES string of the molecule is CCOc1ccc(C(Br)C(C)(C)S(C)(=O)=O)cc1. The van der Waals surface area contributed by atoms with Crippen molar-refractivity contribution in [3.8, 4) is 5.75 Å². The summed E-state index contributed by atoms with van der Waals surface area (Å²) in [5.74, 6) is 0.790. The van der Waals surface area contributed by atoms with Crippen LogP contribution in [0.1, 0.15) is 31.2 Å². The average molecular weight is 335 g/mol. The molecule has 18 heavy (non-hydrogen) atoms. The Morgan fingerprint density at radius 3 is 2.17 bits per heavy atom. The summed E-state index contributed by atoms with van der Waals surface area (Å²) in [5, 5.41) is 0. The second-order valence-corrected chi connectivity index (χ2v) is 8.25. The molecule has 0 N–H and O–H groups in total. The first-order chi connectivity index (χ1) is 8.20. The number of hydrogen-bond donors (Lipinski definition) is 0. The standard InChI is InChI=1S/C13H19BrO3S/c1-5-17-11-8-6-10(7-9-11)12(14)13(2,3)18(4,15)16/h6-9,12H,5H2,1-4H3. The predicted molar refractivity (Wildman–Crippen MR) is 78.2 cm³/mol. The van der Waals surface area contributed by atoms with E-state index >= 15 is 0 Å². The molecule has 0 aliphatic rings. The van der Waals surface area contributed by atoms with Gasteiger partial charge in [0.05, 0.1) is 16.2 Å². The number of halogens is 1. The van der Waals surface area contributed by atoms with Crippen molar-refractivity contribution in [2.75, 3.05) is 12.9 Å². The summed E-state index contributed by atoms with van der Waals surface area (Å²) >= 11 is 3.49. The van der Waals surface area contributed by atoms with Crippen LogP contribution in [0.15, 0.2) is 24.3 Å². The van der Waals surface area contributed by atoms with Crippen LogP contribution >= 0.6 is 15.9 Å². The lowest BCUT2D eigenvalue weighted by Crippen LogP contribution is -2.35. The Morgan fingerprint density at radius 2 is 1.78 bits per heavy atom. The lowest BCUT2D eigenvalue weighted by molar-refractivity contribution is 0.340. The Morgan fingerprint density at radius 1 is 1.28 bits per heavy atom. The van der Waals surface area contributed by atoms with Crippen LogP contribution in [-0.4, -0.2) is 26.0 Å². The molecule has 0 aliphatic heterocycles. The van der Waals surface area contributed by atoms with Crippen molar-refractivity contribution >= 4 is 25.8 Å². The Kier molecular flexibility index (Phi) is 4.84. The van der Waals surface area contributed by atoms with Gasteiger partial charge in [0.2, 0.25) is 0 Å². The quantitative estimate of drug-likeness (QED) is 0.775. The van der Waals surface area contributed by atoms with E-state index in [0.29, 0.717) is 6.61 Å². The highest BCUT2D eigenvalue weighted by Gasteiger charge is 2.38. The second kappa shape index (κ2) is 5.61. The molecular formula is C13H19BrO3S. The van der Waals surface area contributed by atoms with Gasteiger partial charge in [0.15, 0.2) is 9.84 Å². The summed E-state index contributed by atoms with van der Waals surface area (Å²) in [6.07, 6.45) is 1.26. The lowest BCUT2D eigenvalue weighted by atomic mass is 10.0. The van der Waals surface area contributed by atoms with Crippen molar-refractivity contribution in [1.82, 2.24) is 0 Å². The minimum absolute atomic E-state index is 0.254. The van der Waals surface area contributed by atoms with E-state index in [9.17, 15) is 8.42 Å². The first-order valence-electron chi connectivity index (χ1n) is 5.76. The summed E-state index contributed by atoms with van der Waals surface area (Å²) in [6.45, 7) is 5.98. The van der Waals surface area contributed by atoms with Gasteiger partial charge in [-0.3, -0.25) is 0 Å². The third-order valence-corrected chi connectivity index (χ3v) is 7.17. The number of rotatable bonds is 5. The maximum Gasteiger partial charge on any atom is 0.154 e. The first-order valence-corrected chi connectivity index (χ1v) is 8.57. The van der Waals surface area contributed by atoms with Gasteiger partial charge in [-0.25, -0.2) is 8.42 Å². The molecule has 1 atom stereocenters. The maximum atomic E-state index is 11.8. The second-order valence-electron chi connectivity index (χ2n) is 4.74. The summed E-state index contributed by atoms with van der Waals surface area (Å²) in [6, 6.07) is 7.48. The van der Waals surface area contributed by atoms with Gasteiger partial charge in [0.1, 0.15) is 5.75 Å². The van der Waals surface area contributed by atoms with E-state index in [1.807, 2.05) is 31.2 Å². The average Bonchev–Trinajstić information content (AvgIpc) is 2.28. The topological polar surface area (TPSA) is 43.4 Å². The van der Waals surface area contributed by atoms with Crippen molar-refractivity contribution in [2.24, 2.45) is 0 Å². The molecular weight excluding hydrogens is 316 g/mol. The van der Waals surface area contributed by atoms with Gasteiger partial charge in [0.25, 0.3) is 0 Å². The van der Waals surface area contributed by atoms with E-state index in [4.69, 9.17) is 4.74 Å². The van der Waals surface area contributed by atoms with Crippen molar-refractivity contribution in [1.29, 1.82) is 0 Å². The fourth-order valence-electron chi connectivity index (χ4n) is 1.49. The molecule has 3 nitrogen and oxygen atoms in total. The largest absolute Gasteiger partial charge is 0.494 e. The van der Waals surface area contributed by atoms with Crippen LogP contribution in [0.25, 0.3) is 0 Å². The molecule has 0 aromatic heterocycles. The third kappa shape index (κ3) is 3.26. The van der Waals surface area contributed by atoms with E-state index in [0.717, 1.165) is 11.3 Å². The van der Waals surface area contributed by atoms with Gasteiger partial charge in [-0.05, 0) is 38.5 Å². The number of benzene rings is 1.